The molecule has 7 heteroatoms. The smallest absolute Gasteiger partial charge is 0.241 e. The van der Waals surface area contributed by atoms with Crippen molar-refractivity contribution in [3.05, 3.63) is 12.3 Å². The molecule has 0 bridgehead atoms. The highest BCUT2D eigenvalue weighted by Gasteiger charge is 2.20. The molecule has 1 amide bonds. The first-order chi connectivity index (χ1) is 7.93. The van der Waals surface area contributed by atoms with E-state index in [9.17, 15) is 9.90 Å². The van der Waals surface area contributed by atoms with Crippen LogP contribution >= 0.6 is 11.8 Å². The molecule has 1 aromatic heterocycles. The molecule has 0 spiro atoms. The lowest BCUT2D eigenvalue weighted by Crippen LogP contribution is -2.43. The number of aliphatic hydroxyl groups is 1. The predicted molar refractivity (Wildman–Crippen MR) is 68.7 cm³/mol. The van der Waals surface area contributed by atoms with Gasteiger partial charge in [0.05, 0.1) is 5.60 Å². The van der Waals surface area contributed by atoms with E-state index in [-0.39, 0.29) is 19.0 Å². The number of nitrogens with one attached hydrogen (secondary N) is 1. The zero-order chi connectivity index (χ0) is 12.9. The molecule has 0 aliphatic heterocycles. The van der Waals surface area contributed by atoms with Crippen LogP contribution in [-0.2, 0) is 11.3 Å². The largest absolute Gasteiger partial charge is 0.387 e. The summed E-state index contributed by atoms with van der Waals surface area (Å²) in [5.41, 5.74) is 4.54. The van der Waals surface area contributed by atoms with Gasteiger partial charge in [0.15, 0.2) is 0 Å². The van der Waals surface area contributed by atoms with E-state index in [2.05, 4.69) is 10.4 Å². The Hall–Kier alpha value is -1.21. The summed E-state index contributed by atoms with van der Waals surface area (Å²) in [5.74, 6) is 0.754. The maximum atomic E-state index is 11.5. The van der Waals surface area contributed by atoms with Crippen LogP contribution in [0.25, 0.3) is 0 Å². The topological polar surface area (TPSA) is 93.2 Å². The lowest BCUT2D eigenvalue weighted by atomic mass is 10.1. The number of anilines is 1. The Labute approximate surface area is 105 Å². The van der Waals surface area contributed by atoms with Gasteiger partial charge in [-0.1, -0.05) is 0 Å². The lowest BCUT2D eigenvalue weighted by molar-refractivity contribution is -0.122. The number of rotatable bonds is 6. The highest BCUT2D eigenvalue weighted by molar-refractivity contribution is 7.98. The van der Waals surface area contributed by atoms with Crippen LogP contribution in [0.2, 0.25) is 0 Å². The van der Waals surface area contributed by atoms with Crippen molar-refractivity contribution >= 4 is 23.5 Å². The van der Waals surface area contributed by atoms with Gasteiger partial charge in [-0.15, -0.1) is 0 Å². The Kier molecular flexibility index (Phi) is 4.83. The third kappa shape index (κ3) is 5.10. The van der Waals surface area contributed by atoms with E-state index in [4.69, 9.17) is 5.73 Å². The fraction of sp³-hybridized carbons (Fsp3) is 0.600. The molecule has 0 fully saturated rings. The Balaban J connectivity index is 2.35. The summed E-state index contributed by atoms with van der Waals surface area (Å²) in [7, 11) is 0. The number of carbonyl (C=O) groups is 1. The van der Waals surface area contributed by atoms with Crippen LogP contribution in [-0.4, -0.2) is 44.9 Å². The number of amides is 1. The molecule has 0 aliphatic rings. The quantitative estimate of drug-likeness (QED) is 0.651. The van der Waals surface area contributed by atoms with E-state index in [1.54, 1.807) is 19.2 Å². The van der Waals surface area contributed by atoms with Gasteiger partial charge >= 0.3 is 0 Å². The summed E-state index contributed by atoms with van der Waals surface area (Å²) in [4.78, 5) is 11.5. The molecule has 6 nitrogen and oxygen atoms in total. The van der Waals surface area contributed by atoms with Crippen LogP contribution in [0.1, 0.15) is 6.92 Å². The molecular weight excluding hydrogens is 240 g/mol. The highest BCUT2D eigenvalue weighted by Crippen LogP contribution is 2.08. The first-order valence-electron chi connectivity index (χ1n) is 5.20. The molecule has 0 aromatic carbocycles. The summed E-state index contributed by atoms with van der Waals surface area (Å²) >= 11 is 1.53. The SMILES string of the molecule is CSCC(C)(O)CNC(=O)Cn1ccc(N)n1. The van der Waals surface area contributed by atoms with Gasteiger partial charge in [0.2, 0.25) is 5.91 Å². The summed E-state index contributed by atoms with van der Waals surface area (Å²) in [6, 6.07) is 1.62. The molecular formula is C10H18N4O2S. The minimum absolute atomic E-state index is 0.104. The minimum Gasteiger partial charge on any atom is -0.387 e. The predicted octanol–water partition coefficient (Wildman–Crippen LogP) is -0.305. The van der Waals surface area contributed by atoms with Crippen molar-refractivity contribution in [3.63, 3.8) is 0 Å². The van der Waals surface area contributed by atoms with Gasteiger partial charge < -0.3 is 16.2 Å². The fourth-order valence-electron chi connectivity index (χ4n) is 1.32. The first-order valence-corrected chi connectivity index (χ1v) is 6.59. The van der Waals surface area contributed by atoms with Crippen molar-refractivity contribution in [3.8, 4) is 0 Å². The zero-order valence-corrected chi connectivity index (χ0v) is 10.8. The molecule has 1 rings (SSSR count). The third-order valence-electron chi connectivity index (χ3n) is 2.09. The number of hydrogen-bond acceptors (Lipinski definition) is 5. The Bertz CT molecular complexity index is 378. The van der Waals surface area contributed by atoms with E-state index in [0.29, 0.717) is 11.6 Å². The van der Waals surface area contributed by atoms with Crippen molar-refractivity contribution < 1.29 is 9.90 Å². The van der Waals surface area contributed by atoms with Crippen LogP contribution in [0.3, 0.4) is 0 Å². The second-order valence-electron chi connectivity index (χ2n) is 4.14. The molecule has 4 N–H and O–H groups in total. The molecule has 1 atom stereocenters. The van der Waals surface area contributed by atoms with E-state index < -0.39 is 5.60 Å². The van der Waals surface area contributed by atoms with Crippen LogP contribution in [0.15, 0.2) is 12.3 Å². The molecule has 1 aromatic rings. The summed E-state index contributed by atoms with van der Waals surface area (Å²) < 4.78 is 1.45. The van der Waals surface area contributed by atoms with E-state index in [1.165, 1.54) is 16.4 Å². The Morgan fingerprint density at radius 3 is 3.00 bits per heavy atom. The van der Waals surface area contributed by atoms with Crippen molar-refractivity contribution in [2.75, 3.05) is 24.3 Å². The second-order valence-corrected chi connectivity index (χ2v) is 5.01. The molecule has 96 valence electrons. The molecule has 1 unspecified atom stereocenters. The van der Waals surface area contributed by atoms with Gasteiger partial charge in [0.1, 0.15) is 12.4 Å². The molecule has 1 heterocycles. The minimum atomic E-state index is -0.891. The van der Waals surface area contributed by atoms with Crippen LogP contribution in [0.5, 0.6) is 0 Å². The van der Waals surface area contributed by atoms with Crippen molar-refractivity contribution in [1.29, 1.82) is 0 Å². The summed E-state index contributed by atoms with van der Waals surface area (Å²) in [5, 5.41) is 16.4. The van der Waals surface area contributed by atoms with E-state index in [1.807, 2.05) is 6.26 Å². The zero-order valence-electron chi connectivity index (χ0n) is 10.0. The Morgan fingerprint density at radius 2 is 2.47 bits per heavy atom. The maximum Gasteiger partial charge on any atom is 0.241 e. The standard InChI is InChI=1S/C10H18N4O2S/c1-10(16,7-17-2)6-12-9(15)5-14-4-3-8(11)13-14/h3-4,16H,5-7H2,1-2H3,(H2,11,13)(H,12,15). The van der Waals surface area contributed by atoms with Crippen molar-refractivity contribution in [1.82, 2.24) is 15.1 Å². The molecule has 0 saturated carbocycles. The summed E-state index contributed by atoms with van der Waals surface area (Å²) in [6.07, 6.45) is 3.54. The first kappa shape index (κ1) is 13.9. The normalized spacial score (nSPS) is 14.3. The van der Waals surface area contributed by atoms with Gasteiger partial charge in [-0.3, -0.25) is 9.48 Å². The number of nitrogens with zero attached hydrogens (tertiary/aromatic N) is 2. The average molecular weight is 258 g/mol. The van der Waals surface area contributed by atoms with Crippen molar-refractivity contribution in [2.45, 2.75) is 19.1 Å². The second kappa shape index (κ2) is 5.92. The molecule has 0 saturated heterocycles. The number of thioether (sulfide) groups is 1. The number of carbonyl (C=O) groups excluding carboxylic acids is 1. The van der Waals surface area contributed by atoms with Crippen molar-refractivity contribution in [2.24, 2.45) is 0 Å². The van der Waals surface area contributed by atoms with Gasteiger partial charge in [0.25, 0.3) is 0 Å². The molecule has 0 radical (unpaired) electrons. The van der Waals surface area contributed by atoms with E-state index >= 15 is 0 Å². The maximum absolute atomic E-state index is 11.5. The van der Waals surface area contributed by atoms with Gasteiger partial charge in [-0.25, -0.2) is 0 Å². The average Bonchev–Trinajstić information content (AvgIpc) is 2.61. The molecule has 17 heavy (non-hydrogen) atoms. The number of nitrogens with two attached hydrogens (primary N) is 1. The van der Waals surface area contributed by atoms with Crippen LogP contribution in [0.4, 0.5) is 5.82 Å². The van der Waals surface area contributed by atoms with Gasteiger partial charge in [-0.2, -0.15) is 16.9 Å². The number of hydrogen-bond donors (Lipinski definition) is 3. The lowest BCUT2D eigenvalue weighted by Gasteiger charge is -2.22. The number of aromatic nitrogens is 2. The van der Waals surface area contributed by atoms with Crippen LogP contribution < -0.4 is 11.1 Å². The molecule has 0 aliphatic carbocycles. The monoisotopic (exact) mass is 258 g/mol. The van der Waals surface area contributed by atoms with Gasteiger partial charge in [0, 0.05) is 18.5 Å². The third-order valence-corrected chi connectivity index (χ3v) is 3.00. The number of nitrogen functional groups attached to an aromatic ring is 1. The highest BCUT2D eigenvalue weighted by atomic mass is 32.2. The Morgan fingerprint density at radius 1 is 1.76 bits per heavy atom. The fourth-order valence-corrected chi connectivity index (χ4v) is 2.04. The van der Waals surface area contributed by atoms with E-state index in [0.717, 1.165) is 0 Å². The van der Waals surface area contributed by atoms with Gasteiger partial charge in [-0.05, 0) is 19.2 Å². The van der Waals surface area contributed by atoms with Crippen LogP contribution in [0, 0.1) is 0 Å². The summed E-state index contributed by atoms with van der Waals surface area (Å²) in [6.45, 7) is 2.02.